The first-order valence-corrected chi connectivity index (χ1v) is 10.9. The molecule has 0 unspecified atom stereocenters. The lowest BCUT2D eigenvalue weighted by atomic mass is 10.3. The third-order valence-corrected chi connectivity index (χ3v) is 4.61. The van der Waals surface area contributed by atoms with E-state index in [4.69, 9.17) is 9.47 Å². The van der Waals surface area contributed by atoms with Gasteiger partial charge in [-0.3, -0.25) is 0 Å². The highest BCUT2D eigenvalue weighted by Crippen LogP contribution is 2.22. The summed E-state index contributed by atoms with van der Waals surface area (Å²) in [5.74, 6) is 4.11. The highest BCUT2D eigenvalue weighted by atomic mass is 127. The number of pyridine rings is 1. The summed E-state index contributed by atoms with van der Waals surface area (Å²) in [4.78, 5) is 9.00. The second-order valence-electron chi connectivity index (χ2n) is 6.10. The van der Waals surface area contributed by atoms with E-state index in [0.29, 0.717) is 12.4 Å². The fourth-order valence-electron chi connectivity index (χ4n) is 2.42. The van der Waals surface area contributed by atoms with Gasteiger partial charge in [0.05, 0.1) is 13.7 Å². The summed E-state index contributed by atoms with van der Waals surface area (Å²) in [6, 6.07) is 11.3. The number of nitrogens with zero attached hydrogens (tertiary/aromatic N) is 2. The predicted octanol–water partition coefficient (Wildman–Crippen LogP) is 4.70. The minimum atomic E-state index is 0. The first-order chi connectivity index (χ1) is 13.7. The van der Waals surface area contributed by atoms with Crippen LogP contribution in [-0.4, -0.2) is 43.2 Å². The average Bonchev–Trinajstić information content (AvgIpc) is 2.73. The first kappa shape index (κ1) is 25.4. The number of ether oxygens (including phenoxy) is 2. The third kappa shape index (κ3) is 10.1. The van der Waals surface area contributed by atoms with E-state index in [1.54, 1.807) is 13.3 Å². The lowest BCUT2D eigenvalue weighted by Gasteiger charge is -2.11. The van der Waals surface area contributed by atoms with Gasteiger partial charge in [0.2, 0.25) is 5.88 Å². The normalized spacial score (nSPS) is 10.8. The fraction of sp³-hybridized carbons (Fsp3) is 0.429. The largest absolute Gasteiger partial charge is 0.497 e. The number of aromatic nitrogens is 1. The van der Waals surface area contributed by atoms with Crippen molar-refractivity contribution >= 4 is 41.7 Å². The highest BCUT2D eigenvalue weighted by molar-refractivity contribution is 14.0. The smallest absolute Gasteiger partial charge is 0.219 e. The summed E-state index contributed by atoms with van der Waals surface area (Å²) in [5, 5.41) is 6.65. The Morgan fingerprint density at radius 1 is 1.07 bits per heavy atom. The van der Waals surface area contributed by atoms with Crippen LogP contribution in [0.25, 0.3) is 0 Å². The van der Waals surface area contributed by atoms with Gasteiger partial charge in [0.25, 0.3) is 0 Å². The summed E-state index contributed by atoms with van der Waals surface area (Å²) < 4.78 is 10.9. The third-order valence-electron chi connectivity index (χ3n) is 3.91. The van der Waals surface area contributed by atoms with Crippen LogP contribution in [-0.2, 0) is 6.54 Å². The molecule has 0 aliphatic carbocycles. The summed E-state index contributed by atoms with van der Waals surface area (Å²) in [5.41, 5.74) is 1.03. The number of hydrogen-bond donors (Lipinski definition) is 2. The van der Waals surface area contributed by atoms with E-state index in [-0.39, 0.29) is 24.0 Å². The average molecular weight is 530 g/mol. The number of methoxy groups -OCH3 is 1. The molecular weight excluding hydrogens is 499 g/mol. The Morgan fingerprint density at radius 3 is 2.45 bits per heavy atom. The first-order valence-electron chi connectivity index (χ1n) is 9.53. The van der Waals surface area contributed by atoms with Crippen LogP contribution in [0.2, 0.25) is 0 Å². The Labute approximate surface area is 195 Å². The van der Waals surface area contributed by atoms with Crippen molar-refractivity contribution in [2.75, 3.05) is 32.2 Å². The fourth-order valence-corrected chi connectivity index (χ4v) is 2.91. The van der Waals surface area contributed by atoms with Crippen molar-refractivity contribution in [3.8, 4) is 17.4 Å². The molecular formula is C21H31IN4O2S. The van der Waals surface area contributed by atoms with Crippen molar-refractivity contribution < 1.29 is 9.47 Å². The summed E-state index contributed by atoms with van der Waals surface area (Å²) in [6.07, 6.45) is 6.29. The summed E-state index contributed by atoms with van der Waals surface area (Å²) in [6.45, 7) is 4.40. The number of rotatable bonds is 11. The molecule has 2 aromatic rings. The van der Waals surface area contributed by atoms with Crippen molar-refractivity contribution in [1.82, 2.24) is 15.6 Å². The van der Waals surface area contributed by atoms with Crippen molar-refractivity contribution in [3.63, 3.8) is 0 Å². The van der Waals surface area contributed by atoms with Crippen LogP contribution in [0.5, 0.6) is 17.4 Å². The van der Waals surface area contributed by atoms with E-state index >= 15 is 0 Å². The molecule has 2 rings (SSSR count). The quantitative estimate of drug-likeness (QED) is 0.190. The number of hydrogen-bond acceptors (Lipinski definition) is 5. The van der Waals surface area contributed by atoms with E-state index in [2.05, 4.69) is 33.8 Å². The van der Waals surface area contributed by atoms with Crippen LogP contribution >= 0.6 is 35.7 Å². The molecule has 0 spiro atoms. The predicted molar refractivity (Wildman–Crippen MR) is 133 cm³/mol. The van der Waals surface area contributed by atoms with Crippen molar-refractivity contribution in [1.29, 1.82) is 0 Å². The van der Waals surface area contributed by atoms with Gasteiger partial charge in [0.15, 0.2) is 5.96 Å². The Balaban J connectivity index is 0.00000420. The van der Waals surface area contributed by atoms with Crippen molar-refractivity contribution in [2.24, 2.45) is 4.99 Å². The Bertz CT molecular complexity index is 712. The number of halogens is 1. The molecule has 29 heavy (non-hydrogen) atoms. The van der Waals surface area contributed by atoms with E-state index in [9.17, 15) is 0 Å². The minimum absolute atomic E-state index is 0. The topological polar surface area (TPSA) is 67.8 Å². The molecule has 0 aliphatic heterocycles. The standard InChI is InChI=1S/C21H30N4O2S.HI/c1-4-22-21(23-13-5-6-14-28-3)25-16-17-7-12-20(24-15-17)27-19-10-8-18(26-2)9-11-19;/h7-12,15H,4-6,13-14,16H2,1-3H3,(H2,22,23,25);1H. The maximum Gasteiger partial charge on any atom is 0.219 e. The number of aliphatic imine (C=N–C) groups is 1. The molecule has 2 N–H and O–H groups in total. The van der Waals surface area contributed by atoms with Crippen LogP contribution < -0.4 is 20.1 Å². The molecule has 6 nitrogen and oxygen atoms in total. The second kappa shape index (κ2) is 15.2. The van der Waals surface area contributed by atoms with E-state index in [1.807, 2.05) is 48.2 Å². The van der Waals surface area contributed by atoms with Gasteiger partial charge in [-0.05, 0) is 61.6 Å². The highest BCUT2D eigenvalue weighted by Gasteiger charge is 2.01. The van der Waals surface area contributed by atoms with E-state index in [0.717, 1.165) is 42.5 Å². The number of nitrogens with one attached hydrogen (secondary N) is 2. The summed E-state index contributed by atoms with van der Waals surface area (Å²) >= 11 is 1.88. The van der Waals surface area contributed by atoms with Crippen LogP contribution in [0, 0.1) is 0 Å². The molecule has 1 heterocycles. The molecule has 0 bridgehead atoms. The zero-order valence-corrected chi connectivity index (χ0v) is 20.5. The van der Waals surface area contributed by atoms with Gasteiger partial charge in [-0.25, -0.2) is 9.98 Å². The van der Waals surface area contributed by atoms with E-state index < -0.39 is 0 Å². The molecule has 0 aliphatic rings. The molecule has 0 radical (unpaired) electrons. The molecule has 8 heteroatoms. The van der Waals surface area contributed by atoms with Crippen LogP contribution in [0.15, 0.2) is 47.6 Å². The molecule has 0 atom stereocenters. The molecule has 0 saturated heterocycles. The summed E-state index contributed by atoms with van der Waals surface area (Å²) in [7, 11) is 1.64. The molecule has 0 saturated carbocycles. The maximum atomic E-state index is 5.75. The van der Waals surface area contributed by atoms with Gasteiger partial charge in [-0.15, -0.1) is 24.0 Å². The SMILES string of the molecule is CCNC(=NCc1ccc(Oc2ccc(OC)cc2)nc1)NCCCCSC.I. The van der Waals surface area contributed by atoms with Gasteiger partial charge in [0.1, 0.15) is 11.5 Å². The number of unbranched alkanes of at least 4 members (excludes halogenated alkanes) is 1. The lowest BCUT2D eigenvalue weighted by Crippen LogP contribution is -2.37. The lowest BCUT2D eigenvalue weighted by molar-refractivity contribution is 0.412. The monoisotopic (exact) mass is 530 g/mol. The molecule has 0 fully saturated rings. The van der Waals surface area contributed by atoms with Crippen LogP contribution in [0.1, 0.15) is 25.3 Å². The van der Waals surface area contributed by atoms with E-state index in [1.165, 1.54) is 12.2 Å². The van der Waals surface area contributed by atoms with Crippen LogP contribution in [0.3, 0.4) is 0 Å². The Kier molecular flexibility index (Phi) is 13.3. The molecule has 1 aromatic heterocycles. The van der Waals surface area contributed by atoms with Crippen LogP contribution in [0.4, 0.5) is 0 Å². The number of thioether (sulfide) groups is 1. The Hall–Kier alpha value is -1.68. The van der Waals surface area contributed by atoms with Gasteiger partial charge in [0, 0.05) is 25.4 Å². The van der Waals surface area contributed by atoms with Crippen molar-refractivity contribution in [3.05, 3.63) is 48.2 Å². The molecule has 160 valence electrons. The van der Waals surface area contributed by atoms with Gasteiger partial charge < -0.3 is 20.1 Å². The minimum Gasteiger partial charge on any atom is -0.497 e. The van der Waals surface area contributed by atoms with Crippen molar-refractivity contribution in [2.45, 2.75) is 26.3 Å². The van der Waals surface area contributed by atoms with Gasteiger partial charge in [-0.2, -0.15) is 11.8 Å². The Morgan fingerprint density at radius 2 is 1.83 bits per heavy atom. The number of benzene rings is 1. The van der Waals surface area contributed by atoms with Gasteiger partial charge in [-0.1, -0.05) is 6.07 Å². The van der Waals surface area contributed by atoms with Gasteiger partial charge >= 0.3 is 0 Å². The second-order valence-corrected chi connectivity index (χ2v) is 7.09. The number of guanidine groups is 1. The zero-order chi connectivity index (χ0) is 20.0. The molecule has 1 aromatic carbocycles. The maximum absolute atomic E-state index is 5.75. The zero-order valence-electron chi connectivity index (χ0n) is 17.3. The molecule has 0 amide bonds.